The van der Waals surface area contributed by atoms with Crippen molar-refractivity contribution in [3.8, 4) is 0 Å². The van der Waals surface area contributed by atoms with Gasteiger partial charge in [-0.15, -0.1) is 0 Å². The molecule has 1 aliphatic rings. The van der Waals surface area contributed by atoms with Crippen LogP contribution in [0.4, 0.5) is 5.69 Å². The highest BCUT2D eigenvalue weighted by Crippen LogP contribution is 2.24. The average molecular weight is 190 g/mol. The van der Waals surface area contributed by atoms with Crippen molar-refractivity contribution < 1.29 is 4.79 Å². The largest absolute Gasteiger partial charge is 0.273 e. The van der Waals surface area contributed by atoms with Crippen molar-refractivity contribution in [1.29, 1.82) is 0 Å². The Hall–Kier alpha value is -1.35. The number of para-hydroxylation sites is 1. The number of hydrazine groups is 1. The van der Waals surface area contributed by atoms with E-state index in [0.717, 1.165) is 5.69 Å². The van der Waals surface area contributed by atoms with Crippen molar-refractivity contribution in [2.45, 2.75) is 19.4 Å². The Balaban J connectivity index is 2.31. The third-order valence-corrected chi connectivity index (χ3v) is 2.66. The fraction of sp³-hybridized carbons (Fsp3) is 0.364. The van der Waals surface area contributed by atoms with Crippen molar-refractivity contribution in [1.82, 2.24) is 5.01 Å². The number of anilines is 1. The molecule has 1 saturated heterocycles. The molecule has 1 aromatic rings. The van der Waals surface area contributed by atoms with Crippen LogP contribution in [0.2, 0.25) is 0 Å². The monoisotopic (exact) mass is 190 g/mol. The Morgan fingerprint density at radius 3 is 2.43 bits per heavy atom. The number of amides is 1. The van der Waals surface area contributed by atoms with Gasteiger partial charge in [0.05, 0.1) is 5.69 Å². The molecule has 0 unspecified atom stereocenters. The first-order valence-electron chi connectivity index (χ1n) is 4.81. The van der Waals surface area contributed by atoms with Gasteiger partial charge in [-0.2, -0.15) is 0 Å². The van der Waals surface area contributed by atoms with Crippen LogP contribution < -0.4 is 5.01 Å². The van der Waals surface area contributed by atoms with Crippen LogP contribution >= 0.6 is 0 Å². The van der Waals surface area contributed by atoms with E-state index >= 15 is 0 Å². The van der Waals surface area contributed by atoms with Gasteiger partial charge in [0.1, 0.15) is 0 Å². The summed E-state index contributed by atoms with van der Waals surface area (Å²) >= 11 is 0. The second-order valence-electron chi connectivity index (χ2n) is 3.67. The Bertz CT molecular complexity index is 336. The molecular weight excluding hydrogens is 176 g/mol. The number of rotatable bonds is 1. The van der Waals surface area contributed by atoms with Gasteiger partial charge < -0.3 is 0 Å². The van der Waals surface area contributed by atoms with Crippen LogP contribution in [0.15, 0.2) is 30.3 Å². The Morgan fingerprint density at radius 1 is 1.29 bits per heavy atom. The lowest BCUT2D eigenvalue weighted by Crippen LogP contribution is -2.38. The molecule has 3 nitrogen and oxygen atoms in total. The molecule has 0 bridgehead atoms. The van der Waals surface area contributed by atoms with Gasteiger partial charge in [0.15, 0.2) is 0 Å². The van der Waals surface area contributed by atoms with Crippen LogP contribution in [0.25, 0.3) is 0 Å². The summed E-state index contributed by atoms with van der Waals surface area (Å²) in [6, 6.07) is 10.0. The van der Waals surface area contributed by atoms with Gasteiger partial charge in [-0.1, -0.05) is 18.2 Å². The number of carbonyl (C=O) groups is 1. The summed E-state index contributed by atoms with van der Waals surface area (Å²) in [6.45, 7) is 2.06. The number of benzene rings is 1. The second kappa shape index (κ2) is 3.42. The van der Waals surface area contributed by atoms with Crippen molar-refractivity contribution in [2.75, 3.05) is 12.1 Å². The average Bonchev–Trinajstić information content (AvgIpc) is 2.43. The summed E-state index contributed by atoms with van der Waals surface area (Å²) in [5.41, 5.74) is 0.948. The quantitative estimate of drug-likeness (QED) is 0.672. The lowest BCUT2D eigenvalue weighted by molar-refractivity contribution is -0.117. The minimum Gasteiger partial charge on any atom is -0.273 e. The normalized spacial score (nSPS) is 23.1. The highest BCUT2D eigenvalue weighted by Gasteiger charge is 2.32. The third kappa shape index (κ3) is 1.40. The molecule has 3 heteroatoms. The maximum absolute atomic E-state index is 11.7. The van der Waals surface area contributed by atoms with E-state index < -0.39 is 0 Å². The zero-order valence-corrected chi connectivity index (χ0v) is 8.47. The SMILES string of the molecule is C[C@H]1CC(=O)N(c2ccccc2)N1C. The lowest BCUT2D eigenvalue weighted by atomic mass is 10.2. The second-order valence-corrected chi connectivity index (χ2v) is 3.67. The predicted octanol–water partition coefficient (Wildman–Crippen LogP) is 1.66. The van der Waals surface area contributed by atoms with Gasteiger partial charge in [0.25, 0.3) is 0 Å². The number of hydrogen-bond donors (Lipinski definition) is 0. The smallest absolute Gasteiger partial charge is 0.243 e. The molecule has 14 heavy (non-hydrogen) atoms. The first kappa shape index (κ1) is 9.21. The molecule has 1 aromatic carbocycles. The van der Waals surface area contributed by atoms with Gasteiger partial charge in [-0.3, -0.25) is 4.79 Å². The van der Waals surface area contributed by atoms with Crippen LogP contribution in [-0.2, 0) is 4.79 Å². The molecule has 0 saturated carbocycles. The summed E-state index contributed by atoms with van der Waals surface area (Å²) < 4.78 is 0. The molecule has 0 aliphatic carbocycles. The standard InChI is InChI=1S/C11H14N2O/c1-9-8-11(14)13(12(9)2)10-6-4-3-5-7-10/h3-7,9H,8H2,1-2H3/t9-/m0/s1. The van der Waals surface area contributed by atoms with E-state index in [9.17, 15) is 4.79 Å². The van der Waals surface area contributed by atoms with Crippen LogP contribution in [0, 0.1) is 0 Å². The van der Waals surface area contributed by atoms with E-state index in [1.807, 2.05) is 42.4 Å². The molecule has 1 amide bonds. The molecule has 0 radical (unpaired) electrons. The summed E-state index contributed by atoms with van der Waals surface area (Å²) in [5.74, 6) is 0.172. The van der Waals surface area contributed by atoms with Crippen molar-refractivity contribution >= 4 is 11.6 Å². The molecule has 1 atom stereocenters. The van der Waals surface area contributed by atoms with Crippen molar-refractivity contribution in [3.05, 3.63) is 30.3 Å². The fourth-order valence-corrected chi connectivity index (χ4v) is 1.74. The fourth-order valence-electron chi connectivity index (χ4n) is 1.74. The molecule has 1 fully saturated rings. The van der Waals surface area contributed by atoms with Gasteiger partial charge >= 0.3 is 0 Å². The van der Waals surface area contributed by atoms with E-state index in [1.165, 1.54) is 0 Å². The predicted molar refractivity (Wildman–Crippen MR) is 55.8 cm³/mol. The van der Waals surface area contributed by atoms with Gasteiger partial charge in [-0.25, -0.2) is 10.0 Å². The van der Waals surface area contributed by atoms with Crippen LogP contribution in [0.3, 0.4) is 0 Å². The summed E-state index contributed by atoms with van der Waals surface area (Å²) in [5, 5.41) is 3.72. The zero-order chi connectivity index (χ0) is 10.1. The number of nitrogens with zero attached hydrogens (tertiary/aromatic N) is 2. The van der Waals surface area contributed by atoms with E-state index in [1.54, 1.807) is 5.01 Å². The maximum Gasteiger partial charge on any atom is 0.243 e. The van der Waals surface area contributed by atoms with E-state index in [0.29, 0.717) is 12.5 Å². The molecule has 0 spiro atoms. The van der Waals surface area contributed by atoms with Crippen LogP contribution in [0.5, 0.6) is 0 Å². The summed E-state index contributed by atoms with van der Waals surface area (Å²) in [7, 11) is 1.95. The highest BCUT2D eigenvalue weighted by atomic mass is 16.2. The molecule has 2 rings (SSSR count). The Morgan fingerprint density at radius 2 is 1.93 bits per heavy atom. The summed E-state index contributed by atoms with van der Waals surface area (Å²) in [6.07, 6.45) is 0.603. The first-order valence-corrected chi connectivity index (χ1v) is 4.81. The van der Waals surface area contributed by atoms with Crippen LogP contribution in [0.1, 0.15) is 13.3 Å². The highest BCUT2D eigenvalue weighted by molar-refractivity contribution is 5.94. The zero-order valence-electron chi connectivity index (χ0n) is 8.47. The van der Waals surface area contributed by atoms with Gasteiger partial charge in [-0.05, 0) is 19.1 Å². The molecule has 0 N–H and O–H groups in total. The minimum atomic E-state index is 0.172. The summed E-state index contributed by atoms with van der Waals surface area (Å²) in [4.78, 5) is 11.7. The molecular formula is C11H14N2O. The number of carbonyl (C=O) groups excluding carboxylic acids is 1. The Labute approximate surface area is 83.9 Å². The molecule has 1 heterocycles. The van der Waals surface area contributed by atoms with E-state index in [2.05, 4.69) is 6.92 Å². The lowest BCUT2D eigenvalue weighted by Gasteiger charge is -2.26. The Kier molecular flexibility index (Phi) is 2.25. The van der Waals surface area contributed by atoms with Gasteiger partial charge in [0, 0.05) is 19.5 Å². The maximum atomic E-state index is 11.7. The van der Waals surface area contributed by atoms with E-state index in [4.69, 9.17) is 0 Å². The molecule has 0 aromatic heterocycles. The first-order chi connectivity index (χ1) is 6.70. The van der Waals surface area contributed by atoms with Crippen molar-refractivity contribution in [3.63, 3.8) is 0 Å². The molecule has 74 valence electrons. The number of hydrogen-bond acceptors (Lipinski definition) is 2. The van der Waals surface area contributed by atoms with Crippen molar-refractivity contribution in [2.24, 2.45) is 0 Å². The topological polar surface area (TPSA) is 23.6 Å². The minimum absolute atomic E-state index is 0.172. The third-order valence-electron chi connectivity index (χ3n) is 2.66. The van der Waals surface area contributed by atoms with E-state index in [-0.39, 0.29) is 5.91 Å². The van der Waals surface area contributed by atoms with Gasteiger partial charge in [0.2, 0.25) is 5.91 Å². The van der Waals surface area contributed by atoms with Crippen LogP contribution in [-0.4, -0.2) is 24.0 Å². The molecule has 1 aliphatic heterocycles.